The zero-order valence-corrected chi connectivity index (χ0v) is 15.7. The van der Waals surface area contributed by atoms with E-state index in [9.17, 15) is 4.79 Å². The molecule has 2 aromatic heterocycles. The molecular formula is C23H18N4O2. The molecule has 4 rings (SSSR count). The van der Waals surface area contributed by atoms with Crippen molar-refractivity contribution in [1.82, 2.24) is 15.0 Å². The van der Waals surface area contributed by atoms with Crippen LogP contribution in [0.15, 0.2) is 85.5 Å². The maximum absolute atomic E-state index is 12.5. The highest BCUT2D eigenvalue weighted by molar-refractivity contribution is 6.04. The number of aromatic nitrogens is 3. The van der Waals surface area contributed by atoms with E-state index in [1.807, 2.05) is 61.5 Å². The quantitative estimate of drug-likeness (QED) is 0.532. The normalized spacial score (nSPS) is 10.4. The number of amides is 1. The summed E-state index contributed by atoms with van der Waals surface area (Å²) in [4.78, 5) is 25.1. The van der Waals surface area contributed by atoms with Gasteiger partial charge < -0.3 is 10.1 Å². The van der Waals surface area contributed by atoms with Crippen molar-refractivity contribution in [1.29, 1.82) is 0 Å². The van der Waals surface area contributed by atoms with Crippen molar-refractivity contribution in [2.75, 3.05) is 5.32 Å². The second-order valence-corrected chi connectivity index (χ2v) is 6.39. The molecule has 0 aliphatic heterocycles. The van der Waals surface area contributed by atoms with E-state index in [4.69, 9.17) is 4.74 Å². The summed E-state index contributed by atoms with van der Waals surface area (Å²) in [5.74, 6) is 1.66. The lowest BCUT2D eigenvalue weighted by Gasteiger charge is -2.11. The Balaban J connectivity index is 1.45. The van der Waals surface area contributed by atoms with E-state index in [0.717, 1.165) is 11.1 Å². The van der Waals surface area contributed by atoms with Crippen LogP contribution in [-0.2, 0) is 0 Å². The minimum absolute atomic E-state index is 0.273. The summed E-state index contributed by atoms with van der Waals surface area (Å²) in [5.41, 5.74) is 2.85. The molecule has 0 radical (unpaired) electrons. The zero-order valence-electron chi connectivity index (χ0n) is 15.7. The van der Waals surface area contributed by atoms with Gasteiger partial charge >= 0.3 is 0 Å². The monoisotopic (exact) mass is 382 g/mol. The van der Waals surface area contributed by atoms with Gasteiger partial charge in [-0.1, -0.05) is 30.3 Å². The van der Waals surface area contributed by atoms with Crippen LogP contribution in [0, 0.1) is 6.92 Å². The summed E-state index contributed by atoms with van der Waals surface area (Å²) in [6, 6.07) is 18.7. The number of benzene rings is 2. The van der Waals surface area contributed by atoms with Crippen molar-refractivity contribution in [2.24, 2.45) is 0 Å². The number of hydrogen-bond donors (Lipinski definition) is 1. The average molecular weight is 382 g/mol. The smallest absolute Gasteiger partial charge is 0.258 e. The third-order valence-corrected chi connectivity index (χ3v) is 4.24. The van der Waals surface area contributed by atoms with Crippen LogP contribution in [0.1, 0.15) is 15.9 Å². The van der Waals surface area contributed by atoms with E-state index in [-0.39, 0.29) is 5.91 Å². The van der Waals surface area contributed by atoms with Gasteiger partial charge in [-0.3, -0.25) is 9.78 Å². The van der Waals surface area contributed by atoms with Gasteiger partial charge in [-0.2, -0.15) is 0 Å². The first kappa shape index (κ1) is 18.3. The number of rotatable bonds is 5. The number of carbonyl (C=O) groups excluding carboxylic acids is 1. The molecule has 2 aromatic carbocycles. The Bertz CT molecular complexity index is 1110. The Morgan fingerprint density at radius 3 is 2.41 bits per heavy atom. The molecule has 2 heterocycles. The van der Waals surface area contributed by atoms with Crippen molar-refractivity contribution in [2.45, 2.75) is 6.92 Å². The van der Waals surface area contributed by atoms with Crippen LogP contribution in [0.2, 0.25) is 0 Å². The molecule has 0 aliphatic carbocycles. The minimum atomic E-state index is -0.273. The lowest BCUT2D eigenvalue weighted by Crippen LogP contribution is -2.13. The van der Waals surface area contributed by atoms with Gasteiger partial charge in [-0.05, 0) is 42.8 Å². The van der Waals surface area contributed by atoms with E-state index in [2.05, 4.69) is 20.3 Å². The van der Waals surface area contributed by atoms with Crippen molar-refractivity contribution >= 4 is 11.6 Å². The number of nitrogens with zero attached hydrogens (tertiary/aromatic N) is 3. The fraction of sp³-hybridized carbons (Fsp3) is 0.0435. The summed E-state index contributed by atoms with van der Waals surface area (Å²) in [5, 5.41) is 2.86. The van der Waals surface area contributed by atoms with Gasteiger partial charge in [0.1, 0.15) is 11.5 Å². The number of nitrogens with one attached hydrogen (secondary N) is 1. The van der Waals surface area contributed by atoms with Gasteiger partial charge in [-0.25, -0.2) is 9.97 Å². The highest BCUT2D eigenvalue weighted by atomic mass is 16.5. The first-order valence-electron chi connectivity index (χ1n) is 9.06. The first-order chi connectivity index (χ1) is 14.2. The number of aryl methyl sites for hydroxylation is 1. The number of ether oxygens (including phenoxy) is 1. The maximum Gasteiger partial charge on any atom is 0.258 e. The topological polar surface area (TPSA) is 77.0 Å². The molecular weight excluding hydrogens is 364 g/mol. The van der Waals surface area contributed by atoms with Gasteiger partial charge in [0.25, 0.3) is 5.91 Å². The Labute approximate surface area is 168 Å². The molecule has 0 saturated heterocycles. The standard InChI is InChI=1S/C23H18N4O2/c1-16-12-19(9-10-21(16)29-20-8-5-11-24-15-20)27-23(28)18-13-25-22(26-14-18)17-6-3-2-4-7-17/h2-15H,1H3,(H,27,28). The SMILES string of the molecule is Cc1cc(NC(=O)c2cnc(-c3ccccc3)nc2)ccc1Oc1cccnc1. The van der Waals surface area contributed by atoms with Gasteiger partial charge in [0.05, 0.1) is 11.8 Å². The molecule has 29 heavy (non-hydrogen) atoms. The number of anilines is 1. The highest BCUT2D eigenvalue weighted by Gasteiger charge is 2.10. The second-order valence-electron chi connectivity index (χ2n) is 6.39. The van der Waals surface area contributed by atoms with Crippen LogP contribution >= 0.6 is 0 Å². The largest absolute Gasteiger partial charge is 0.455 e. The fourth-order valence-corrected chi connectivity index (χ4v) is 2.76. The predicted molar refractivity (Wildman–Crippen MR) is 111 cm³/mol. The number of hydrogen-bond acceptors (Lipinski definition) is 5. The summed E-state index contributed by atoms with van der Waals surface area (Å²) >= 11 is 0. The molecule has 4 aromatic rings. The molecule has 0 fully saturated rings. The molecule has 1 amide bonds. The average Bonchev–Trinajstić information content (AvgIpc) is 2.77. The molecule has 1 N–H and O–H groups in total. The van der Waals surface area contributed by atoms with Crippen molar-refractivity contribution in [3.05, 3.63) is 96.6 Å². The fourth-order valence-electron chi connectivity index (χ4n) is 2.76. The predicted octanol–water partition coefficient (Wildman–Crippen LogP) is 4.89. The van der Waals surface area contributed by atoms with Gasteiger partial charge in [0.2, 0.25) is 0 Å². The summed E-state index contributed by atoms with van der Waals surface area (Å²) in [6.07, 6.45) is 6.39. The van der Waals surface area contributed by atoms with Crippen LogP contribution in [-0.4, -0.2) is 20.9 Å². The Hall–Kier alpha value is -4.06. The molecule has 0 bridgehead atoms. The van der Waals surface area contributed by atoms with Crippen LogP contribution in [0.25, 0.3) is 11.4 Å². The van der Waals surface area contributed by atoms with Crippen molar-refractivity contribution in [3.63, 3.8) is 0 Å². The minimum Gasteiger partial charge on any atom is -0.455 e. The van der Waals surface area contributed by atoms with E-state index >= 15 is 0 Å². The molecule has 0 spiro atoms. The molecule has 0 aliphatic rings. The maximum atomic E-state index is 12.5. The molecule has 0 atom stereocenters. The third kappa shape index (κ3) is 4.44. The molecule has 0 saturated carbocycles. The van der Waals surface area contributed by atoms with Crippen molar-refractivity contribution < 1.29 is 9.53 Å². The highest BCUT2D eigenvalue weighted by Crippen LogP contribution is 2.27. The Morgan fingerprint density at radius 2 is 1.72 bits per heavy atom. The van der Waals surface area contributed by atoms with Gasteiger partial charge in [0.15, 0.2) is 5.82 Å². The summed E-state index contributed by atoms with van der Waals surface area (Å²) in [7, 11) is 0. The van der Waals surface area contributed by atoms with Crippen LogP contribution in [0.4, 0.5) is 5.69 Å². The number of carbonyl (C=O) groups is 1. The van der Waals surface area contributed by atoms with Crippen molar-refractivity contribution in [3.8, 4) is 22.9 Å². The van der Waals surface area contributed by atoms with E-state index < -0.39 is 0 Å². The Kier molecular flexibility index (Phi) is 5.25. The first-order valence-corrected chi connectivity index (χ1v) is 9.06. The summed E-state index contributed by atoms with van der Waals surface area (Å²) < 4.78 is 5.81. The second kappa shape index (κ2) is 8.31. The third-order valence-electron chi connectivity index (χ3n) is 4.24. The molecule has 142 valence electrons. The van der Waals surface area contributed by atoms with E-state index in [1.165, 1.54) is 12.4 Å². The van der Waals surface area contributed by atoms with Crippen LogP contribution < -0.4 is 10.1 Å². The molecule has 0 unspecified atom stereocenters. The van der Waals surface area contributed by atoms with E-state index in [1.54, 1.807) is 18.5 Å². The van der Waals surface area contributed by atoms with Crippen LogP contribution in [0.3, 0.4) is 0 Å². The molecule has 6 heteroatoms. The summed E-state index contributed by atoms with van der Waals surface area (Å²) in [6.45, 7) is 1.92. The van der Waals surface area contributed by atoms with Gasteiger partial charge in [-0.15, -0.1) is 0 Å². The van der Waals surface area contributed by atoms with Crippen LogP contribution in [0.5, 0.6) is 11.5 Å². The lowest BCUT2D eigenvalue weighted by atomic mass is 10.2. The van der Waals surface area contributed by atoms with E-state index in [0.29, 0.717) is 28.6 Å². The lowest BCUT2D eigenvalue weighted by molar-refractivity contribution is 0.102. The Morgan fingerprint density at radius 1 is 0.931 bits per heavy atom. The number of pyridine rings is 1. The zero-order chi connectivity index (χ0) is 20.1. The molecule has 6 nitrogen and oxygen atoms in total. The van der Waals surface area contributed by atoms with Gasteiger partial charge in [0, 0.05) is 29.8 Å².